The normalized spacial score (nSPS) is 15.2. The van der Waals surface area contributed by atoms with Crippen LogP contribution < -0.4 is 9.62 Å². The number of carbonyl (C=O) groups excluding carboxylic acids is 2. The van der Waals surface area contributed by atoms with Crippen molar-refractivity contribution in [2.45, 2.75) is 24.3 Å². The maximum absolute atomic E-state index is 13.5. The minimum atomic E-state index is -3.88. The van der Waals surface area contributed by atoms with E-state index in [0.29, 0.717) is 12.1 Å². The number of esters is 1. The quantitative estimate of drug-likeness (QED) is 0.596. The van der Waals surface area contributed by atoms with E-state index in [1.54, 1.807) is 24.3 Å². The number of fused-ring (bicyclic) bond motifs is 1. The van der Waals surface area contributed by atoms with Gasteiger partial charge >= 0.3 is 5.97 Å². The second kappa shape index (κ2) is 8.47. The predicted molar refractivity (Wildman–Crippen MR) is 121 cm³/mol. The molecule has 8 heteroatoms. The zero-order valence-corrected chi connectivity index (χ0v) is 18.4. The number of sulfonamides is 1. The first kappa shape index (κ1) is 21.6. The molecule has 1 amide bonds. The molecule has 0 saturated heterocycles. The second-order valence-corrected chi connectivity index (χ2v) is 9.32. The van der Waals surface area contributed by atoms with Crippen molar-refractivity contribution in [3.63, 3.8) is 0 Å². The molecular formula is C24H22N2O5S. The number of methoxy groups -OCH3 is 1. The molecule has 4 rings (SSSR count). The molecule has 3 aromatic rings. The number of benzene rings is 3. The molecule has 32 heavy (non-hydrogen) atoms. The number of amides is 1. The van der Waals surface area contributed by atoms with E-state index in [1.165, 1.54) is 41.7 Å². The van der Waals surface area contributed by atoms with E-state index in [2.05, 4.69) is 5.32 Å². The summed E-state index contributed by atoms with van der Waals surface area (Å²) in [5.74, 6) is -1.12. The van der Waals surface area contributed by atoms with Crippen LogP contribution in [0, 0.1) is 0 Å². The molecule has 3 aromatic carbocycles. The third kappa shape index (κ3) is 3.85. The van der Waals surface area contributed by atoms with Gasteiger partial charge < -0.3 is 10.1 Å². The monoisotopic (exact) mass is 450 g/mol. The number of anilines is 2. The Morgan fingerprint density at radius 2 is 1.72 bits per heavy atom. The molecule has 0 unspecified atom stereocenters. The summed E-state index contributed by atoms with van der Waals surface area (Å²) in [5, 5.41) is 2.67. The van der Waals surface area contributed by atoms with E-state index >= 15 is 0 Å². The Balaban J connectivity index is 1.65. The summed E-state index contributed by atoms with van der Waals surface area (Å²) < 4.78 is 33.1. The third-order valence-electron chi connectivity index (χ3n) is 5.38. The lowest BCUT2D eigenvalue weighted by Gasteiger charge is -2.24. The largest absolute Gasteiger partial charge is 0.465 e. The highest BCUT2D eigenvalue weighted by Gasteiger charge is 2.36. The first-order valence-electron chi connectivity index (χ1n) is 10.0. The van der Waals surface area contributed by atoms with E-state index in [0.717, 1.165) is 5.56 Å². The minimum absolute atomic E-state index is 0.0231. The van der Waals surface area contributed by atoms with Crippen LogP contribution in [-0.4, -0.2) is 33.4 Å². The van der Waals surface area contributed by atoms with Gasteiger partial charge in [-0.15, -0.1) is 0 Å². The third-order valence-corrected chi connectivity index (χ3v) is 7.30. The lowest BCUT2D eigenvalue weighted by atomic mass is 10.1. The molecule has 0 bridgehead atoms. The summed E-state index contributed by atoms with van der Waals surface area (Å²) in [6, 6.07) is 19.5. The van der Waals surface area contributed by atoms with Gasteiger partial charge in [-0.3, -0.25) is 9.10 Å². The van der Waals surface area contributed by atoms with Crippen LogP contribution >= 0.6 is 0 Å². The molecule has 0 aromatic heterocycles. The van der Waals surface area contributed by atoms with Crippen LogP contribution in [0.25, 0.3) is 0 Å². The molecule has 1 aliphatic heterocycles. The molecule has 1 N–H and O–H groups in total. The lowest BCUT2D eigenvalue weighted by Crippen LogP contribution is -2.35. The highest BCUT2D eigenvalue weighted by atomic mass is 32.2. The minimum Gasteiger partial charge on any atom is -0.465 e. The number of rotatable bonds is 5. The zero-order valence-electron chi connectivity index (χ0n) is 17.6. The smallest absolute Gasteiger partial charge is 0.339 e. The maximum Gasteiger partial charge on any atom is 0.339 e. The first-order valence-corrected chi connectivity index (χ1v) is 11.5. The standard InChI is InChI=1S/C24H22N2O5S/c1-16-14-17-8-3-6-13-22(17)26(16)32(29,30)19-10-7-9-18(15-19)23(27)25-21-12-5-4-11-20(21)24(28)31-2/h3-13,15-16H,14H2,1-2H3,(H,25,27)/t16-/m1/s1. The Morgan fingerprint density at radius 1 is 1.00 bits per heavy atom. The average Bonchev–Trinajstić information content (AvgIpc) is 3.15. The van der Waals surface area contributed by atoms with Gasteiger partial charge in [0, 0.05) is 11.6 Å². The summed E-state index contributed by atoms with van der Waals surface area (Å²) in [6.07, 6.45) is 0.625. The van der Waals surface area contributed by atoms with Gasteiger partial charge in [0.05, 0.1) is 28.9 Å². The number of para-hydroxylation sites is 2. The van der Waals surface area contributed by atoms with E-state index in [4.69, 9.17) is 4.74 Å². The fourth-order valence-corrected chi connectivity index (χ4v) is 5.63. The van der Waals surface area contributed by atoms with Gasteiger partial charge in [-0.2, -0.15) is 0 Å². The Morgan fingerprint density at radius 3 is 2.50 bits per heavy atom. The van der Waals surface area contributed by atoms with Gasteiger partial charge in [-0.05, 0) is 55.3 Å². The SMILES string of the molecule is COC(=O)c1ccccc1NC(=O)c1cccc(S(=O)(=O)N2c3ccccc3C[C@H]2C)c1. The van der Waals surface area contributed by atoms with Crippen LogP contribution in [0.3, 0.4) is 0 Å². The first-order chi connectivity index (χ1) is 15.3. The van der Waals surface area contributed by atoms with Crippen LogP contribution in [0.4, 0.5) is 11.4 Å². The Labute approximate surface area is 186 Å². The molecule has 0 spiro atoms. The lowest BCUT2D eigenvalue weighted by molar-refractivity contribution is 0.0602. The summed E-state index contributed by atoms with van der Waals surface area (Å²) in [6.45, 7) is 1.86. The highest BCUT2D eigenvalue weighted by molar-refractivity contribution is 7.92. The average molecular weight is 451 g/mol. The van der Waals surface area contributed by atoms with Gasteiger partial charge in [-0.1, -0.05) is 36.4 Å². The summed E-state index contributed by atoms with van der Waals surface area (Å²) in [5.41, 5.74) is 2.26. The van der Waals surface area contributed by atoms with Crippen molar-refractivity contribution in [2.75, 3.05) is 16.7 Å². The van der Waals surface area contributed by atoms with Crippen molar-refractivity contribution in [3.05, 3.63) is 89.5 Å². The highest BCUT2D eigenvalue weighted by Crippen LogP contribution is 2.36. The van der Waals surface area contributed by atoms with E-state index in [-0.39, 0.29) is 27.8 Å². The van der Waals surface area contributed by atoms with Crippen LogP contribution in [0.2, 0.25) is 0 Å². The van der Waals surface area contributed by atoms with Crippen LogP contribution in [-0.2, 0) is 21.2 Å². The van der Waals surface area contributed by atoms with E-state index < -0.39 is 21.9 Å². The van der Waals surface area contributed by atoms with E-state index in [9.17, 15) is 18.0 Å². The molecule has 1 aliphatic rings. The molecule has 164 valence electrons. The maximum atomic E-state index is 13.5. The molecule has 0 aliphatic carbocycles. The summed E-state index contributed by atoms with van der Waals surface area (Å²) in [4.78, 5) is 24.8. The summed E-state index contributed by atoms with van der Waals surface area (Å²) >= 11 is 0. The van der Waals surface area contributed by atoms with Gasteiger partial charge in [0.15, 0.2) is 0 Å². The molecular weight excluding hydrogens is 428 g/mol. The number of ether oxygens (including phenoxy) is 1. The Bertz CT molecular complexity index is 1300. The van der Waals surface area contributed by atoms with Crippen molar-refractivity contribution in [3.8, 4) is 0 Å². The van der Waals surface area contributed by atoms with Crippen LogP contribution in [0.15, 0.2) is 77.7 Å². The molecule has 1 heterocycles. The number of hydrogen-bond acceptors (Lipinski definition) is 5. The number of hydrogen-bond donors (Lipinski definition) is 1. The number of nitrogens with one attached hydrogen (secondary N) is 1. The Kier molecular flexibility index (Phi) is 5.71. The van der Waals surface area contributed by atoms with E-state index in [1.807, 2.05) is 25.1 Å². The van der Waals surface area contributed by atoms with Crippen molar-refractivity contribution < 1.29 is 22.7 Å². The fourth-order valence-electron chi connectivity index (χ4n) is 3.89. The van der Waals surface area contributed by atoms with Crippen molar-refractivity contribution in [1.82, 2.24) is 0 Å². The molecule has 0 radical (unpaired) electrons. The Hall–Kier alpha value is -3.65. The van der Waals surface area contributed by atoms with Crippen molar-refractivity contribution in [2.24, 2.45) is 0 Å². The van der Waals surface area contributed by atoms with Crippen LogP contribution in [0.1, 0.15) is 33.2 Å². The molecule has 0 fully saturated rings. The van der Waals surface area contributed by atoms with Gasteiger partial charge in [0.2, 0.25) is 0 Å². The summed E-state index contributed by atoms with van der Waals surface area (Å²) in [7, 11) is -2.62. The molecule has 7 nitrogen and oxygen atoms in total. The number of nitrogens with zero attached hydrogens (tertiary/aromatic N) is 1. The van der Waals surface area contributed by atoms with Crippen molar-refractivity contribution in [1.29, 1.82) is 0 Å². The van der Waals surface area contributed by atoms with Gasteiger partial charge in [0.1, 0.15) is 0 Å². The zero-order chi connectivity index (χ0) is 22.9. The van der Waals surface area contributed by atoms with Gasteiger partial charge in [0.25, 0.3) is 15.9 Å². The van der Waals surface area contributed by atoms with Crippen LogP contribution in [0.5, 0.6) is 0 Å². The number of carbonyl (C=O) groups is 2. The fraction of sp³-hybridized carbons (Fsp3) is 0.167. The molecule has 0 saturated carbocycles. The van der Waals surface area contributed by atoms with Gasteiger partial charge in [-0.25, -0.2) is 13.2 Å². The van der Waals surface area contributed by atoms with Crippen molar-refractivity contribution >= 4 is 33.3 Å². The molecule has 1 atom stereocenters. The second-order valence-electron chi connectivity index (χ2n) is 7.50. The topological polar surface area (TPSA) is 92.8 Å². The predicted octanol–water partition coefficient (Wildman–Crippen LogP) is 3.87.